The maximum atomic E-state index is 12.8. The maximum Gasteiger partial charge on any atom is 0.243 e. The molecule has 0 unspecified atom stereocenters. The number of amides is 1. The molecule has 1 aromatic carbocycles. The second-order valence-electron chi connectivity index (χ2n) is 5.92. The molecule has 1 aliphatic rings. The Hall–Kier alpha value is -1.60. The number of nitrogens with zero attached hydrogens (tertiary/aromatic N) is 2. The van der Waals surface area contributed by atoms with Crippen molar-refractivity contribution in [2.75, 3.05) is 33.3 Å². The molecule has 0 bridgehead atoms. The number of benzene rings is 1. The lowest BCUT2D eigenvalue weighted by Crippen LogP contribution is -2.37. The van der Waals surface area contributed by atoms with Crippen molar-refractivity contribution in [3.63, 3.8) is 0 Å². The van der Waals surface area contributed by atoms with Gasteiger partial charge in [0, 0.05) is 32.6 Å². The molecule has 2 rings (SSSR count). The van der Waals surface area contributed by atoms with Crippen LogP contribution >= 0.6 is 0 Å². The summed E-state index contributed by atoms with van der Waals surface area (Å²) in [5.74, 6) is 0.748. The molecule has 0 radical (unpaired) electrons. The number of hydrogen-bond acceptors (Lipinski definition) is 4. The fourth-order valence-electron chi connectivity index (χ4n) is 2.77. The third-order valence-corrected chi connectivity index (χ3v) is 6.16. The number of sulfonamides is 1. The molecule has 0 spiro atoms. The monoisotopic (exact) mass is 354 g/mol. The van der Waals surface area contributed by atoms with E-state index in [0.717, 1.165) is 12.8 Å². The minimum absolute atomic E-state index is 0.126. The highest BCUT2D eigenvalue weighted by molar-refractivity contribution is 7.89. The number of methoxy groups -OCH3 is 1. The lowest BCUT2D eigenvalue weighted by atomic mass is 10.2. The van der Waals surface area contributed by atoms with Crippen molar-refractivity contribution in [2.45, 2.75) is 37.5 Å². The second kappa shape index (κ2) is 8.48. The second-order valence-corrected chi connectivity index (χ2v) is 7.86. The summed E-state index contributed by atoms with van der Waals surface area (Å²) in [7, 11) is -1.99. The van der Waals surface area contributed by atoms with E-state index >= 15 is 0 Å². The Kier molecular flexibility index (Phi) is 6.62. The third-order valence-electron chi connectivity index (χ3n) is 4.25. The summed E-state index contributed by atoms with van der Waals surface area (Å²) in [4.78, 5) is 14.2. The molecule has 0 aromatic heterocycles. The molecule has 0 saturated carbocycles. The van der Waals surface area contributed by atoms with Crippen LogP contribution in [0.2, 0.25) is 0 Å². The van der Waals surface area contributed by atoms with Crippen molar-refractivity contribution in [3.05, 3.63) is 24.3 Å². The van der Waals surface area contributed by atoms with Gasteiger partial charge in [-0.1, -0.05) is 13.3 Å². The van der Waals surface area contributed by atoms with E-state index in [-0.39, 0.29) is 10.8 Å². The average Bonchev–Trinajstić information content (AvgIpc) is 2.86. The smallest absolute Gasteiger partial charge is 0.243 e. The Morgan fingerprint density at radius 1 is 1.12 bits per heavy atom. The average molecular weight is 354 g/mol. The zero-order valence-corrected chi connectivity index (χ0v) is 15.2. The third kappa shape index (κ3) is 4.48. The largest absolute Gasteiger partial charge is 0.497 e. The maximum absolute atomic E-state index is 12.8. The zero-order valence-electron chi connectivity index (χ0n) is 14.4. The van der Waals surface area contributed by atoms with Gasteiger partial charge >= 0.3 is 0 Å². The summed E-state index contributed by atoms with van der Waals surface area (Å²) in [5, 5.41) is 0. The molecule has 1 aromatic rings. The van der Waals surface area contributed by atoms with E-state index in [1.165, 1.54) is 4.31 Å². The predicted molar refractivity (Wildman–Crippen MR) is 92.5 cm³/mol. The van der Waals surface area contributed by atoms with E-state index in [2.05, 4.69) is 6.92 Å². The first-order valence-corrected chi connectivity index (χ1v) is 9.85. The van der Waals surface area contributed by atoms with Gasteiger partial charge in [0.15, 0.2) is 0 Å². The molecule has 7 heteroatoms. The van der Waals surface area contributed by atoms with E-state index < -0.39 is 10.0 Å². The Morgan fingerprint density at radius 3 is 2.46 bits per heavy atom. The van der Waals surface area contributed by atoms with Crippen LogP contribution in [0.3, 0.4) is 0 Å². The summed E-state index contributed by atoms with van der Waals surface area (Å²) < 4.78 is 32.1. The zero-order chi connectivity index (χ0) is 17.6. The molecule has 1 aliphatic heterocycles. The number of rotatable bonds is 6. The first-order valence-electron chi connectivity index (χ1n) is 8.41. The summed E-state index contributed by atoms with van der Waals surface area (Å²) in [5.41, 5.74) is 0. The molecule has 0 aliphatic carbocycles. The molecule has 0 N–H and O–H groups in total. The quantitative estimate of drug-likeness (QED) is 0.785. The molecule has 0 atom stereocenters. The SMILES string of the molecule is CCCCC(=O)N1CCCN(S(=O)(=O)c2ccc(OC)cc2)CC1. The first kappa shape index (κ1) is 18.7. The van der Waals surface area contributed by atoms with E-state index in [1.807, 2.05) is 0 Å². The number of carbonyl (C=O) groups excluding carboxylic acids is 1. The molecule has 1 heterocycles. The Balaban J connectivity index is 2.05. The lowest BCUT2D eigenvalue weighted by molar-refractivity contribution is -0.131. The molecule has 1 amide bonds. The standard InChI is InChI=1S/C17H26N2O4S/c1-3-4-6-17(20)18-11-5-12-19(14-13-18)24(21,22)16-9-7-15(23-2)8-10-16/h7-10H,3-6,11-14H2,1-2H3. The molecule has 1 fully saturated rings. The van der Waals surface area contributed by atoms with Crippen LogP contribution in [0, 0.1) is 0 Å². The van der Waals surface area contributed by atoms with Gasteiger partial charge < -0.3 is 9.64 Å². The molecule has 24 heavy (non-hydrogen) atoms. The van der Waals surface area contributed by atoms with Crippen LogP contribution in [0.4, 0.5) is 0 Å². The normalized spacial score (nSPS) is 16.7. The van der Waals surface area contributed by atoms with Gasteiger partial charge in [0.1, 0.15) is 5.75 Å². The Morgan fingerprint density at radius 2 is 1.83 bits per heavy atom. The van der Waals surface area contributed by atoms with Gasteiger partial charge in [-0.3, -0.25) is 4.79 Å². The minimum atomic E-state index is -3.54. The molecule has 134 valence electrons. The highest BCUT2D eigenvalue weighted by Gasteiger charge is 2.28. The van der Waals surface area contributed by atoms with Gasteiger partial charge in [-0.05, 0) is 37.1 Å². The number of ether oxygens (including phenoxy) is 1. The lowest BCUT2D eigenvalue weighted by Gasteiger charge is -2.22. The molecule has 1 saturated heterocycles. The highest BCUT2D eigenvalue weighted by Crippen LogP contribution is 2.21. The van der Waals surface area contributed by atoms with Crippen LogP contribution in [-0.2, 0) is 14.8 Å². The number of carbonyl (C=O) groups is 1. The van der Waals surface area contributed by atoms with Crippen molar-refractivity contribution in [2.24, 2.45) is 0 Å². The molecule has 6 nitrogen and oxygen atoms in total. The van der Waals surface area contributed by atoms with Crippen LogP contribution in [0.15, 0.2) is 29.2 Å². The van der Waals surface area contributed by atoms with Gasteiger partial charge in [0.2, 0.25) is 15.9 Å². The van der Waals surface area contributed by atoms with E-state index in [1.54, 1.807) is 36.3 Å². The van der Waals surface area contributed by atoms with Gasteiger partial charge in [0.05, 0.1) is 12.0 Å². The van der Waals surface area contributed by atoms with Crippen molar-refractivity contribution in [1.82, 2.24) is 9.21 Å². The van der Waals surface area contributed by atoms with Crippen LogP contribution in [0.25, 0.3) is 0 Å². The van der Waals surface area contributed by atoms with Gasteiger partial charge in [0.25, 0.3) is 0 Å². The van der Waals surface area contributed by atoms with Crippen molar-refractivity contribution >= 4 is 15.9 Å². The van der Waals surface area contributed by atoms with Crippen molar-refractivity contribution in [1.29, 1.82) is 0 Å². The Bertz CT molecular complexity index is 643. The fraction of sp³-hybridized carbons (Fsp3) is 0.588. The molecular weight excluding hydrogens is 328 g/mol. The number of hydrogen-bond donors (Lipinski definition) is 0. The molecular formula is C17H26N2O4S. The van der Waals surface area contributed by atoms with E-state index in [9.17, 15) is 13.2 Å². The summed E-state index contributed by atoms with van der Waals surface area (Å²) in [6.07, 6.45) is 3.07. The topological polar surface area (TPSA) is 66.9 Å². The Labute approximate surface area is 144 Å². The highest BCUT2D eigenvalue weighted by atomic mass is 32.2. The number of unbranched alkanes of at least 4 members (excludes halogenated alkanes) is 1. The first-order chi connectivity index (χ1) is 11.5. The van der Waals surface area contributed by atoms with E-state index in [0.29, 0.717) is 44.8 Å². The van der Waals surface area contributed by atoms with Crippen LogP contribution in [-0.4, -0.2) is 56.8 Å². The summed E-state index contributed by atoms with van der Waals surface area (Å²) in [6.45, 7) is 3.91. The van der Waals surface area contributed by atoms with Gasteiger partial charge in [-0.15, -0.1) is 0 Å². The minimum Gasteiger partial charge on any atom is -0.497 e. The fourth-order valence-corrected chi connectivity index (χ4v) is 4.24. The van der Waals surface area contributed by atoms with Crippen molar-refractivity contribution in [3.8, 4) is 5.75 Å². The van der Waals surface area contributed by atoms with E-state index in [4.69, 9.17) is 4.74 Å². The predicted octanol–water partition coefficient (Wildman–Crippen LogP) is 2.11. The summed E-state index contributed by atoms with van der Waals surface area (Å²) in [6, 6.07) is 6.41. The van der Waals surface area contributed by atoms with Gasteiger partial charge in [-0.2, -0.15) is 4.31 Å². The van der Waals surface area contributed by atoms with Crippen molar-refractivity contribution < 1.29 is 17.9 Å². The van der Waals surface area contributed by atoms with Crippen LogP contribution < -0.4 is 4.74 Å². The van der Waals surface area contributed by atoms with Crippen LogP contribution in [0.5, 0.6) is 5.75 Å². The summed E-state index contributed by atoms with van der Waals surface area (Å²) >= 11 is 0. The van der Waals surface area contributed by atoms with Crippen LogP contribution in [0.1, 0.15) is 32.6 Å². The van der Waals surface area contributed by atoms with Gasteiger partial charge in [-0.25, -0.2) is 8.42 Å².